The first-order chi connectivity index (χ1) is 8.01. The molecule has 2 atom stereocenters. The lowest BCUT2D eigenvalue weighted by atomic mass is 9.95. The first-order valence-corrected chi connectivity index (χ1v) is 6.53. The fourth-order valence-corrected chi connectivity index (χ4v) is 2.12. The Bertz CT molecular complexity index is 321. The monoisotopic (exact) mass is 235 g/mol. The van der Waals surface area contributed by atoms with Crippen LogP contribution >= 0.6 is 0 Å². The van der Waals surface area contributed by atoms with E-state index in [1.54, 1.807) is 0 Å². The molecule has 1 aromatic rings. The minimum absolute atomic E-state index is 0.509. The molecule has 0 bridgehead atoms. The third kappa shape index (κ3) is 3.83. The Kier molecular flexibility index (Phi) is 5.16. The quantitative estimate of drug-likeness (QED) is 0.819. The topological polar surface area (TPSA) is 23.5 Å². The van der Waals surface area contributed by atoms with E-state index in [-0.39, 0.29) is 0 Å². The Balaban J connectivity index is 2.78. The molecular formula is C15H25NO. The zero-order chi connectivity index (χ0) is 12.9. The summed E-state index contributed by atoms with van der Waals surface area (Å²) in [6.45, 7) is 10.1. The Morgan fingerprint density at radius 1 is 1.24 bits per heavy atom. The van der Waals surface area contributed by atoms with Gasteiger partial charge in [-0.25, -0.2) is 0 Å². The van der Waals surface area contributed by atoms with Crippen LogP contribution in [-0.2, 0) is 5.60 Å². The van der Waals surface area contributed by atoms with E-state index in [1.165, 1.54) is 0 Å². The summed E-state index contributed by atoms with van der Waals surface area (Å²) in [5.74, 6) is 0. The van der Waals surface area contributed by atoms with Crippen LogP contribution in [0.15, 0.2) is 30.3 Å². The van der Waals surface area contributed by atoms with Gasteiger partial charge < -0.3 is 5.11 Å². The predicted octanol–water partition coefficient (Wildman–Crippen LogP) is 3.01. The molecule has 2 unspecified atom stereocenters. The van der Waals surface area contributed by atoms with Gasteiger partial charge >= 0.3 is 0 Å². The molecule has 0 radical (unpaired) electrons. The smallest absolute Gasteiger partial charge is 0.0994 e. The van der Waals surface area contributed by atoms with Gasteiger partial charge in [-0.1, -0.05) is 44.2 Å². The van der Waals surface area contributed by atoms with Crippen molar-refractivity contribution in [3.63, 3.8) is 0 Å². The van der Waals surface area contributed by atoms with Crippen molar-refractivity contribution in [3.8, 4) is 0 Å². The average molecular weight is 235 g/mol. The maximum absolute atomic E-state index is 10.6. The van der Waals surface area contributed by atoms with Crippen molar-refractivity contribution < 1.29 is 5.11 Å². The summed E-state index contributed by atoms with van der Waals surface area (Å²) < 4.78 is 0. The predicted molar refractivity (Wildman–Crippen MR) is 73.0 cm³/mol. The summed E-state index contributed by atoms with van der Waals surface area (Å²) in [4.78, 5) is 2.33. The molecule has 0 fully saturated rings. The van der Waals surface area contributed by atoms with Gasteiger partial charge in [-0.3, -0.25) is 4.90 Å². The molecule has 2 heteroatoms. The van der Waals surface area contributed by atoms with E-state index >= 15 is 0 Å². The summed E-state index contributed by atoms with van der Waals surface area (Å²) >= 11 is 0. The SMILES string of the molecule is CCC(C)N(CC)CC(C)(O)c1ccccc1. The first-order valence-electron chi connectivity index (χ1n) is 6.53. The fraction of sp³-hybridized carbons (Fsp3) is 0.600. The van der Waals surface area contributed by atoms with E-state index in [1.807, 2.05) is 37.3 Å². The van der Waals surface area contributed by atoms with Crippen molar-refractivity contribution in [2.45, 2.75) is 45.8 Å². The van der Waals surface area contributed by atoms with Crippen molar-refractivity contribution in [3.05, 3.63) is 35.9 Å². The summed E-state index contributed by atoms with van der Waals surface area (Å²) in [5, 5.41) is 10.6. The zero-order valence-corrected chi connectivity index (χ0v) is 11.5. The second-order valence-electron chi connectivity index (χ2n) is 4.96. The average Bonchev–Trinajstić information content (AvgIpc) is 2.36. The lowest BCUT2D eigenvalue weighted by Crippen LogP contribution is -2.43. The van der Waals surface area contributed by atoms with E-state index in [0.29, 0.717) is 12.6 Å². The van der Waals surface area contributed by atoms with E-state index < -0.39 is 5.60 Å². The minimum Gasteiger partial charge on any atom is -0.384 e. The van der Waals surface area contributed by atoms with Crippen molar-refractivity contribution in [2.75, 3.05) is 13.1 Å². The van der Waals surface area contributed by atoms with Crippen LogP contribution < -0.4 is 0 Å². The molecule has 0 aliphatic heterocycles. The maximum atomic E-state index is 10.6. The van der Waals surface area contributed by atoms with Crippen LogP contribution in [0.25, 0.3) is 0 Å². The molecule has 0 heterocycles. The Morgan fingerprint density at radius 2 is 1.82 bits per heavy atom. The third-order valence-electron chi connectivity index (χ3n) is 3.53. The van der Waals surface area contributed by atoms with Gasteiger partial charge in [0, 0.05) is 12.6 Å². The summed E-state index contributed by atoms with van der Waals surface area (Å²) in [6.07, 6.45) is 1.11. The molecule has 0 aliphatic carbocycles. The van der Waals surface area contributed by atoms with Gasteiger partial charge in [-0.15, -0.1) is 0 Å². The molecule has 2 nitrogen and oxygen atoms in total. The summed E-state index contributed by atoms with van der Waals surface area (Å²) in [6, 6.07) is 10.4. The lowest BCUT2D eigenvalue weighted by Gasteiger charge is -2.34. The van der Waals surface area contributed by atoms with Crippen LogP contribution in [0.2, 0.25) is 0 Å². The van der Waals surface area contributed by atoms with Crippen LogP contribution in [0, 0.1) is 0 Å². The van der Waals surface area contributed by atoms with Gasteiger partial charge in [0.25, 0.3) is 0 Å². The zero-order valence-electron chi connectivity index (χ0n) is 11.5. The Hall–Kier alpha value is -0.860. The van der Waals surface area contributed by atoms with Crippen molar-refractivity contribution in [1.29, 1.82) is 0 Å². The number of aliphatic hydroxyl groups is 1. The molecule has 1 N–H and O–H groups in total. The highest BCUT2D eigenvalue weighted by molar-refractivity contribution is 5.21. The molecule has 0 aliphatic rings. The van der Waals surface area contributed by atoms with Gasteiger partial charge in [0.15, 0.2) is 0 Å². The van der Waals surface area contributed by atoms with Crippen molar-refractivity contribution in [1.82, 2.24) is 4.90 Å². The van der Waals surface area contributed by atoms with Crippen LogP contribution in [0.3, 0.4) is 0 Å². The standard InChI is InChI=1S/C15H25NO/c1-5-13(3)16(6-2)12-15(4,17)14-10-8-7-9-11-14/h7-11,13,17H,5-6,12H2,1-4H3. The van der Waals surface area contributed by atoms with Gasteiger partial charge in [0.2, 0.25) is 0 Å². The van der Waals surface area contributed by atoms with E-state index in [4.69, 9.17) is 0 Å². The highest BCUT2D eigenvalue weighted by atomic mass is 16.3. The van der Waals surface area contributed by atoms with Gasteiger partial charge in [0.1, 0.15) is 0 Å². The molecule has 1 aromatic carbocycles. The third-order valence-corrected chi connectivity index (χ3v) is 3.53. The molecule has 0 saturated heterocycles. The summed E-state index contributed by atoms with van der Waals surface area (Å²) in [5.41, 5.74) is 0.211. The fourth-order valence-electron chi connectivity index (χ4n) is 2.12. The highest BCUT2D eigenvalue weighted by Gasteiger charge is 2.26. The van der Waals surface area contributed by atoms with Gasteiger partial charge in [-0.2, -0.15) is 0 Å². The molecule has 96 valence electrons. The molecular weight excluding hydrogens is 210 g/mol. The van der Waals surface area contributed by atoms with Gasteiger partial charge in [-0.05, 0) is 32.4 Å². The van der Waals surface area contributed by atoms with Crippen molar-refractivity contribution in [2.24, 2.45) is 0 Å². The molecule has 0 aromatic heterocycles. The Morgan fingerprint density at radius 3 is 2.29 bits per heavy atom. The second-order valence-corrected chi connectivity index (χ2v) is 4.96. The number of hydrogen-bond donors (Lipinski definition) is 1. The van der Waals surface area contributed by atoms with Crippen LogP contribution in [0.5, 0.6) is 0 Å². The number of hydrogen-bond acceptors (Lipinski definition) is 2. The first kappa shape index (κ1) is 14.2. The largest absolute Gasteiger partial charge is 0.384 e. The van der Waals surface area contributed by atoms with Crippen LogP contribution in [-0.4, -0.2) is 29.1 Å². The van der Waals surface area contributed by atoms with Crippen molar-refractivity contribution >= 4 is 0 Å². The van der Waals surface area contributed by atoms with Crippen LogP contribution in [0.1, 0.15) is 39.7 Å². The molecule has 1 rings (SSSR count). The number of benzene rings is 1. The number of likely N-dealkylation sites (N-methyl/N-ethyl adjacent to an activating group) is 1. The highest BCUT2D eigenvalue weighted by Crippen LogP contribution is 2.22. The lowest BCUT2D eigenvalue weighted by molar-refractivity contribution is 0.00547. The molecule has 0 spiro atoms. The van der Waals surface area contributed by atoms with Gasteiger partial charge in [0.05, 0.1) is 5.60 Å². The van der Waals surface area contributed by atoms with E-state index in [2.05, 4.69) is 25.7 Å². The van der Waals surface area contributed by atoms with E-state index in [0.717, 1.165) is 18.5 Å². The van der Waals surface area contributed by atoms with E-state index in [9.17, 15) is 5.11 Å². The molecule has 0 saturated carbocycles. The maximum Gasteiger partial charge on any atom is 0.0994 e. The second kappa shape index (κ2) is 6.18. The Labute approximate surface area is 105 Å². The molecule has 0 amide bonds. The van der Waals surface area contributed by atoms with Crippen LogP contribution in [0.4, 0.5) is 0 Å². The number of nitrogens with zero attached hydrogens (tertiary/aromatic N) is 1. The number of rotatable bonds is 6. The molecule has 17 heavy (non-hydrogen) atoms. The normalized spacial score (nSPS) is 16.8. The minimum atomic E-state index is -0.777. The summed E-state index contributed by atoms with van der Waals surface area (Å²) in [7, 11) is 0.